The van der Waals surface area contributed by atoms with Gasteiger partial charge in [-0.25, -0.2) is 4.98 Å². The molecule has 2 aliphatic rings. The van der Waals surface area contributed by atoms with Gasteiger partial charge in [0, 0.05) is 51.6 Å². The fourth-order valence-corrected chi connectivity index (χ4v) is 3.72. The molecule has 1 aromatic rings. The molecule has 1 amide bonds. The van der Waals surface area contributed by atoms with Crippen molar-refractivity contribution < 1.29 is 9.90 Å². The number of nitrogens with zero attached hydrogens (tertiary/aromatic N) is 4. The summed E-state index contributed by atoms with van der Waals surface area (Å²) in [5.74, 6) is 2.05. The first kappa shape index (κ1) is 17.9. The van der Waals surface area contributed by atoms with Crippen LogP contribution in [-0.4, -0.2) is 60.8 Å². The molecule has 3 rings (SSSR count). The van der Waals surface area contributed by atoms with Crippen LogP contribution in [0.3, 0.4) is 0 Å². The highest BCUT2D eigenvalue weighted by Gasteiger charge is 2.45. The van der Waals surface area contributed by atoms with E-state index in [0.717, 1.165) is 43.4 Å². The third-order valence-electron chi connectivity index (χ3n) is 5.51. The number of rotatable bonds is 3. The zero-order valence-electron chi connectivity index (χ0n) is 15.6. The number of hydrogen-bond donors (Lipinski definition) is 2. The molecule has 25 heavy (non-hydrogen) atoms. The highest BCUT2D eigenvalue weighted by atomic mass is 16.3. The summed E-state index contributed by atoms with van der Waals surface area (Å²) in [6, 6.07) is 2.07. The maximum atomic E-state index is 11.8. The van der Waals surface area contributed by atoms with E-state index in [2.05, 4.69) is 35.1 Å². The second-order valence-corrected chi connectivity index (χ2v) is 7.85. The average Bonchev–Trinajstić information content (AvgIpc) is 2.58. The molecule has 2 fully saturated rings. The predicted octanol–water partition coefficient (Wildman–Crippen LogP) is 1.13. The minimum absolute atomic E-state index is 0.0535. The Kier molecular flexibility index (Phi) is 4.86. The van der Waals surface area contributed by atoms with Crippen LogP contribution in [0.25, 0.3) is 0 Å². The van der Waals surface area contributed by atoms with Gasteiger partial charge in [0.25, 0.3) is 0 Å². The third kappa shape index (κ3) is 3.56. The first-order chi connectivity index (χ1) is 11.8. The number of β-amino-alcohol motifs (C(OH)–C–C–N with tert-alkyl or cyclic N) is 1. The standard InChI is InChI=1S/C18H29N5O2/c1-12(2)13-9-15(21-17(20-13)22(3)4)23-7-5-18(6-8-23)10-16(25)19-11-14(18)24/h9,12,14,24H,5-8,10-11H2,1-4H3,(H,19,25). The second-order valence-electron chi connectivity index (χ2n) is 7.85. The van der Waals surface area contributed by atoms with Crippen LogP contribution in [0.15, 0.2) is 6.07 Å². The maximum Gasteiger partial charge on any atom is 0.227 e. The molecule has 0 bridgehead atoms. The van der Waals surface area contributed by atoms with Crippen LogP contribution in [0.1, 0.15) is 44.7 Å². The lowest BCUT2D eigenvalue weighted by Crippen LogP contribution is -2.56. The number of carbonyl (C=O) groups is 1. The van der Waals surface area contributed by atoms with Crippen molar-refractivity contribution >= 4 is 17.7 Å². The summed E-state index contributed by atoms with van der Waals surface area (Å²) in [7, 11) is 3.90. The van der Waals surface area contributed by atoms with E-state index in [1.165, 1.54) is 0 Å². The van der Waals surface area contributed by atoms with Crippen LogP contribution >= 0.6 is 0 Å². The van der Waals surface area contributed by atoms with Crippen LogP contribution in [0.4, 0.5) is 11.8 Å². The van der Waals surface area contributed by atoms with Crippen LogP contribution in [0.5, 0.6) is 0 Å². The van der Waals surface area contributed by atoms with Gasteiger partial charge in [-0.3, -0.25) is 4.79 Å². The molecule has 0 aromatic carbocycles. The van der Waals surface area contributed by atoms with E-state index in [-0.39, 0.29) is 11.3 Å². The smallest absolute Gasteiger partial charge is 0.227 e. The zero-order valence-corrected chi connectivity index (χ0v) is 15.6. The average molecular weight is 347 g/mol. The van der Waals surface area contributed by atoms with Crippen molar-refractivity contribution in [2.45, 2.75) is 45.1 Å². The lowest BCUT2D eigenvalue weighted by Gasteiger charge is -2.47. The Morgan fingerprint density at radius 1 is 1.32 bits per heavy atom. The summed E-state index contributed by atoms with van der Waals surface area (Å²) in [6.45, 7) is 6.23. The van der Waals surface area contributed by atoms with Crippen molar-refractivity contribution in [3.63, 3.8) is 0 Å². The first-order valence-electron chi connectivity index (χ1n) is 9.07. The van der Waals surface area contributed by atoms with E-state index in [4.69, 9.17) is 4.98 Å². The molecular formula is C18H29N5O2. The number of piperidine rings is 2. The summed E-state index contributed by atoms with van der Waals surface area (Å²) < 4.78 is 0. The molecular weight excluding hydrogens is 318 g/mol. The lowest BCUT2D eigenvalue weighted by molar-refractivity contribution is -0.132. The highest BCUT2D eigenvalue weighted by molar-refractivity contribution is 5.78. The van der Waals surface area contributed by atoms with Gasteiger partial charge < -0.3 is 20.2 Å². The topological polar surface area (TPSA) is 81.6 Å². The largest absolute Gasteiger partial charge is 0.391 e. The minimum Gasteiger partial charge on any atom is -0.391 e. The Morgan fingerprint density at radius 3 is 2.60 bits per heavy atom. The molecule has 7 nitrogen and oxygen atoms in total. The number of hydrogen-bond acceptors (Lipinski definition) is 6. The lowest BCUT2D eigenvalue weighted by atomic mass is 9.69. The molecule has 1 aromatic heterocycles. The third-order valence-corrected chi connectivity index (χ3v) is 5.51. The maximum absolute atomic E-state index is 11.8. The molecule has 1 spiro atoms. The summed E-state index contributed by atoms with van der Waals surface area (Å²) in [5, 5.41) is 13.2. The SMILES string of the molecule is CC(C)c1cc(N2CCC3(CC2)CC(=O)NCC3O)nc(N(C)C)n1. The molecule has 2 saturated heterocycles. The van der Waals surface area contributed by atoms with Gasteiger partial charge in [-0.05, 0) is 18.8 Å². The Labute approximate surface area is 149 Å². The summed E-state index contributed by atoms with van der Waals surface area (Å²) >= 11 is 0. The number of nitrogens with one attached hydrogen (secondary N) is 1. The number of amides is 1. The van der Waals surface area contributed by atoms with E-state index >= 15 is 0 Å². The number of aromatic nitrogens is 2. The summed E-state index contributed by atoms with van der Waals surface area (Å²) in [5.41, 5.74) is 0.753. The molecule has 1 atom stereocenters. The summed E-state index contributed by atoms with van der Waals surface area (Å²) in [6.07, 6.45) is 1.58. The molecule has 2 aliphatic heterocycles. The number of carbonyl (C=O) groups excluding carboxylic acids is 1. The van der Waals surface area contributed by atoms with Gasteiger partial charge >= 0.3 is 0 Å². The van der Waals surface area contributed by atoms with E-state index < -0.39 is 6.10 Å². The van der Waals surface area contributed by atoms with Crippen molar-refractivity contribution in [3.05, 3.63) is 11.8 Å². The zero-order chi connectivity index (χ0) is 18.2. The van der Waals surface area contributed by atoms with E-state index in [1.54, 1.807) is 0 Å². The Bertz CT molecular complexity index is 612. The fourth-order valence-electron chi connectivity index (χ4n) is 3.72. The van der Waals surface area contributed by atoms with Crippen LogP contribution in [0.2, 0.25) is 0 Å². The monoisotopic (exact) mass is 347 g/mol. The molecule has 0 saturated carbocycles. The van der Waals surface area contributed by atoms with Crippen LogP contribution in [0, 0.1) is 5.41 Å². The Balaban J connectivity index is 1.79. The van der Waals surface area contributed by atoms with Crippen LogP contribution in [-0.2, 0) is 4.79 Å². The van der Waals surface area contributed by atoms with Gasteiger partial charge in [-0.2, -0.15) is 4.98 Å². The number of anilines is 2. The van der Waals surface area contributed by atoms with E-state index in [1.807, 2.05) is 19.0 Å². The molecule has 138 valence electrons. The molecule has 3 heterocycles. The molecule has 7 heteroatoms. The molecule has 1 unspecified atom stereocenters. The van der Waals surface area contributed by atoms with Crippen LogP contribution < -0.4 is 15.1 Å². The van der Waals surface area contributed by atoms with Gasteiger partial charge in [0.2, 0.25) is 11.9 Å². The first-order valence-corrected chi connectivity index (χ1v) is 9.07. The van der Waals surface area contributed by atoms with Crippen molar-refractivity contribution in [1.29, 1.82) is 0 Å². The number of aliphatic hydroxyl groups is 1. The minimum atomic E-state index is -0.457. The number of aliphatic hydroxyl groups excluding tert-OH is 1. The molecule has 0 aliphatic carbocycles. The van der Waals surface area contributed by atoms with Gasteiger partial charge in [0.05, 0.1) is 11.8 Å². The van der Waals surface area contributed by atoms with Crippen molar-refractivity contribution in [3.8, 4) is 0 Å². The van der Waals surface area contributed by atoms with Gasteiger partial charge in [-0.15, -0.1) is 0 Å². The van der Waals surface area contributed by atoms with E-state index in [9.17, 15) is 9.90 Å². The summed E-state index contributed by atoms with van der Waals surface area (Å²) in [4.78, 5) is 25.3. The van der Waals surface area contributed by atoms with Crippen molar-refractivity contribution in [2.24, 2.45) is 5.41 Å². The van der Waals surface area contributed by atoms with Gasteiger partial charge in [0.1, 0.15) is 5.82 Å². The second kappa shape index (κ2) is 6.78. The Morgan fingerprint density at radius 2 is 2.00 bits per heavy atom. The van der Waals surface area contributed by atoms with Crippen molar-refractivity contribution in [1.82, 2.24) is 15.3 Å². The highest BCUT2D eigenvalue weighted by Crippen LogP contribution is 2.41. The van der Waals surface area contributed by atoms with Crippen molar-refractivity contribution in [2.75, 3.05) is 43.5 Å². The normalized spacial score (nSPS) is 23.0. The molecule has 2 N–H and O–H groups in total. The van der Waals surface area contributed by atoms with Gasteiger partial charge in [-0.1, -0.05) is 13.8 Å². The Hall–Kier alpha value is -1.89. The van der Waals surface area contributed by atoms with Gasteiger partial charge in [0.15, 0.2) is 0 Å². The van der Waals surface area contributed by atoms with E-state index in [0.29, 0.717) is 18.9 Å². The predicted molar refractivity (Wildman–Crippen MR) is 98.0 cm³/mol. The fraction of sp³-hybridized carbons (Fsp3) is 0.722. The molecule has 0 radical (unpaired) electrons. The quantitative estimate of drug-likeness (QED) is 0.853.